The van der Waals surface area contributed by atoms with E-state index in [2.05, 4.69) is 111 Å². The van der Waals surface area contributed by atoms with Crippen LogP contribution in [0.25, 0.3) is 89.2 Å². The Morgan fingerprint density at radius 1 is 0.400 bits per heavy atom. The monoisotopic (exact) mass is 640 g/mol. The lowest BCUT2D eigenvalue weighted by atomic mass is 10.00. The summed E-state index contributed by atoms with van der Waals surface area (Å²) in [7, 11) is 0. The zero-order valence-corrected chi connectivity index (χ0v) is 26.8. The third-order valence-electron chi connectivity index (χ3n) is 9.48. The molecule has 0 aliphatic rings. The number of benzene rings is 6. The topological polar surface area (TPSA) is 61.4 Å². The molecule has 0 N–H and O–H groups in total. The van der Waals surface area contributed by atoms with E-state index in [-0.39, 0.29) is 0 Å². The van der Waals surface area contributed by atoms with E-state index < -0.39 is 0 Å². The lowest BCUT2D eigenvalue weighted by molar-refractivity contribution is 0.953. The smallest absolute Gasteiger partial charge is 0.238 e. The first-order chi connectivity index (χ1) is 24.8. The van der Waals surface area contributed by atoms with Crippen molar-refractivity contribution in [1.82, 2.24) is 29.1 Å². The van der Waals surface area contributed by atoms with Crippen LogP contribution >= 0.6 is 0 Å². The number of pyridine rings is 1. The van der Waals surface area contributed by atoms with Crippen molar-refractivity contribution in [1.29, 1.82) is 0 Å². The van der Waals surface area contributed by atoms with Crippen LogP contribution in [0.2, 0.25) is 0 Å². The molecule has 0 bridgehead atoms. The lowest BCUT2D eigenvalue weighted by Gasteiger charge is -2.12. The summed E-state index contributed by atoms with van der Waals surface area (Å²) in [5.41, 5.74) is 9.56. The van der Waals surface area contributed by atoms with Gasteiger partial charge in [0, 0.05) is 50.1 Å². The van der Waals surface area contributed by atoms with Gasteiger partial charge >= 0.3 is 0 Å². The molecule has 4 heterocycles. The number of para-hydroxylation sites is 3. The fourth-order valence-electron chi connectivity index (χ4n) is 7.25. The van der Waals surface area contributed by atoms with Gasteiger partial charge in [0.1, 0.15) is 0 Å². The maximum Gasteiger partial charge on any atom is 0.238 e. The predicted octanol–water partition coefficient (Wildman–Crippen LogP) is 10.5. The summed E-state index contributed by atoms with van der Waals surface area (Å²) in [6, 6.07) is 54.7. The molecule has 6 aromatic carbocycles. The van der Waals surface area contributed by atoms with Crippen molar-refractivity contribution in [3.63, 3.8) is 0 Å². The second-order valence-corrected chi connectivity index (χ2v) is 12.4. The minimum absolute atomic E-state index is 0.579. The van der Waals surface area contributed by atoms with Crippen LogP contribution in [0.1, 0.15) is 0 Å². The molecule has 0 atom stereocenters. The van der Waals surface area contributed by atoms with E-state index in [1.165, 1.54) is 10.8 Å². The van der Waals surface area contributed by atoms with E-state index in [0.29, 0.717) is 17.6 Å². The molecule has 10 aromatic rings. The Labute approximate surface area is 287 Å². The highest BCUT2D eigenvalue weighted by Crippen LogP contribution is 2.40. The van der Waals surface area contributed by atoms with Crippen LogP contribution < -0.4 is 0 Å². The third-order valence-corrected chi connectivity index (χ3v) is 9.48. The van der Waals surface area contributed by atoms with Crippen LogP contribution in [0.15, 0.2) is 170 Å². The van der Waals surface area contributed by atoms with Gasteiger partial charge in [0.15, 0.2) is 11.6 Å². The average Bonchev–Trinajstić information content (AvgIpc) is 3.71. The summed E-state index contributed by atoms with van der Waals surface area (Å²) in [5, 5.41) is 4.63. The van der Waals surface area contributed by atoms with Crippen molar-refractivity contribution in [2.24, 2.45) is 0 Å². The van der Waals surface area contributed by atoms with E-state index >= 15 is 0 Å². The number of hydrogen-bond acceptors (Lipinski definition) is 4. The largest absolute Gasteiger partial charge is 0.307 e. The average molecular weight is 641 g/mol. The molecule has 0 amide bonds. The van der Waals surface area contributed by atoms with Crippen molar-refractivity contribution in [3.05, 3.63) is 170 Å². The standard InChI is InChI=1S/C44H28N6/c1-4-13-29(14-5-1)42-46-43(30-15-6-2-7-16-30)48-44(47-42)50-38-22-11-10-19-34(38)37-27-31(23-24-39(37)50)33-20-12-21-36-35-25-26-45-28-40(35)49(41(33)36)32-17-8-3-9-18-32/h1-28H. The number of aromatic nitrogens is 6. The van der Waals surface area contributed by atoms with Crippen LogP contribution in [-0.4, -0.2) is 29.1 Å². The van der Waals surface area contributed by atoms with Gasteiger partial charge < -0.3 is 4.57 Å². The van der Waals surface area contributed by atoms with Crippen LogP contribution in [0, 0.1) is 0 Å². The number of rotatable bonds is 5. The van der Waals surface area contributed by atoms with Gasteiger partial charge in [-0.15, -0.1) is 0 Å². The molecule has 6 heteroatoms. The SMILES string of the molecule is c1ccc(-c2nc(-c3ccccc3)nc(-n3c4ccccc4c4cc(-c5cccc6c7ccncc7n(-c7ccccc7)c56)ccc43)n2)cc1. The van der Waals surface area contributed by atoms with Gasteiger partial charge in [-0.2, -0.15) is 9.97 Å². The zero-order valence-electron chi connectivity index (χ0n) is 26.8. The fraction of sp³-hybridized carbons (Fsp3) is 0. The molecule has 4 aromatic heterocycles. The van der Waals surface area contributed by atoms with Gasteiger partial charge in [-0.25, -0.2) is 4.98 Å². The predicted molar refractivity (Wildman–Crippen MR) is 203 cm³/mol. The Kier molecular flexibility index (Phi) is 6.39. The van der Waals surface area contributed by atoms with E-state index in [4.69, 9.17) is 15.0 Å². The molecule has 234 valence electrons. The van der Waals surface area contributed by atoms with E-state index in [9.17, 15) is 0 Å². The van der Waals surface area contributed by atoms with E-state index in [1.54, 1.807) is 0 Å². The van der Waals surface area contributed by atoms with Crippen molar-refractivity contribution < 1.29 is 0 Å². The number of fused-ring (bicyclic) bond motifs is 6. The highest BCUT2D eigenvalue weighted by Gasteiger charge is 2.20. The highest BCUT2D eigenvalue weighted by molar-refractivity contribution is 6.15. The van der Waals surface area contributed by atoms with Gasteiger partial charge in [0.25, 0.3) is 0 Å². The van der Waals surface area contributed by atoms with Crippen LogP contribution in [0.5, 0.6) is 0 Å². The fourth-order valence-corrected chi connectivity index (χ4v) is 7.25. The van der Waals surface area contributed by atoms with E-state index in [1.807, 2.05) is 73.1 Å². The lowest BCUT2D eigenvalue weighted by Crippen LogP contribution is -2.06. The Morgan fingerprint density at radius 2 is 1.02 bits per heavy atom. The molecule has 0 spiro atoms. The first-order valence-electron chi connectivity index (χ1n) is 16.7. The summed E-state index contributed by atoms with van der Waals surface area (Å²) in [6.07, 6.45) is 3.84. The van der Waals surface area contributed by atoms with Gasteiger partial charge in [-0.3, -0.25) is 9.55 Å². The quantitative estimate of drug-likeness (QED) is 0.188. The molecule has 0 aliphatic heterocycles. The normalized spacial score (nSPS) is 11.6. The van der Waals surface area contributed by atoms with Gasteiger partial charge in [0.05, 0.1) is 28.3 Å². The summed E-state index contributed by atoms with van der Waals surface area (Å²) in [4.78, 5) is 19.6. The van der Waals surface area contributed by atoms with Gasteiger partial charge in [-0.05, 0) is 42.0 Å². The molecule has 0 aliphatic carbocycles. The molecular formula is C44H28N6. The minimum atomic E-state index is 0.579. The Morgan fingerprint density at radius 3 is 1.76 bits per heavy atom. The molecule has 0 radical (unpaired) electrons. The van der Waals surface area contributed by atoms with E-state index in [0.717, 1.165) is 60.8 Å². The van der Waals surface area contributed by atoms with Crippen LogP contribution in [0.3, 0.4) is 0 Å². The molecule has 0 unspecified atom stereocenters. The Bertz CT molecular complexity index is 2800. The van der Waals surface area contributed by atoms with Crippen molar-refractivity contribution in [2.45, 2.75) is 0 Å². The molecule has 50 heavy (non-hydrogen) atoms. The summed E-state index contributed by atoms with van der Waals surface area (Å²) in [5.74, 6) is 1.84. The highest BCUT2D eigenvalue weighted by atomic mass is 15.2. The molecule has 6 nitrogen and oxygen atoms in total. The Balaban J connectivity index is 1.23. The second-order valence-electron chi connectivity index (χ2n) is 12.4. The maximum absolute atomic E-state index is 5.09. The molecule has 10 rings (SSSR count). The zero-order chi connectivity index (χ0) is 33.0. The van der Waals surface area contributed by atoms with Crippen LogP contribution in [0.4, 0.5) is 0 Å². The van der Waals surface area contributed by atoms with Crippen LogP contribution in [-0.2, 0) is 0 Å². The van der Waals surface area contributed by atoms with Gasteiger partial charge in [-0.1, -0.05) is 121 Å². The minimum Gasteiger partial charge on any atom is -0.307 e. The second kappa shape index (κ2) is 11.4. The van der Waals surface area contributed by atoms with Crippen molar-refractivity contribution >= 4 is 43.6 Å². The first-order valence-corrected chi connectivity index (χ1v) is 16.7. The van der Waals surface area contributed by atoms with Gasteiger partial charge in [0.2, 0.25) is 5.95 Å². The maximum atomic E-state index is 5.09. The molecule has 0 saturated heterocycles. The summed E-state index contributed by atoms with van der Waals surface area (Å²) >= 11 is 0. The summed E-state index contributed by atoms with van der Waals surface area (Å²) < 4.78 is 4.50. The Hall–Kier alpha value is -6.92. The number of hydrogen-bond donors (Lipinski definition) is 0. The van der Waals surface area contributed by atoms with Crippen molar-refractivity contribution in [2.75, 3.05) is 0 Å². The molecule has 0 fully saturated rings. The first kappa shape index (κ1) is 28.1. The number of nitrogens with zero attached hydrogens (tertiary/aromatic N) is 6. The summed E-state index contributed by atoms with van der Waals surface area (Å²) in [6.45, 7) is 0. The molecule has 0 saturated carbocycles. The third kappa shape index (κ3) is 4.43. The molecular weight excluding hydrogens is 613 g/mol. The van der Waals surface area contributed by atoms with Crippen molar-refractivity contribution in [3.8, 4) is 45.5 Å².